The number of nitrogens with one attached hydrogen (secondary N) is 1. The van der Waals surface area contributed by atoms with Gasteiger partial charge in [-0.3, -0.25) is 29.0 Å². The molecule has 1 rings (SSSR count). The highest BCUT2D eigenvalue weighted by atomic mass is 16.2. The van der Waals surface area contributed by atoms with Crippen molar-refractivity contribution >= 4 is 35.2 Å². The molecule has 0 aromatic carbocycles. The molecule has 0 aromatic rings. The minimum absolute atomic E-state index is 0.0244. The van der Waals surface area contributed by atoms with Crippen molar-refractivity contribution in [2.24, 2.45) is 51.6 Å². The molecule has 9 N–H and O–H groups in total. The third kappa shape index (κ3) is 10.6. The first-order valence-corrected chi connectivity index (χ1v) is 14.0. The van der Waals surface area contributed by atoms with Crippen molar-refractivity contribution in [3.8, 4) is 0 Å². The first-order chi connectivity index (χ1) is 18.2. The van der Waals surface area contributed by atoms with Crippen LogP contribution >= 0.6 is 0 Å². The lowest BCUT2D eigenvalue weighted by Gasteiger charge is -2.32. The van der Waals surface area contributed by atoms with Gasteiger partial charge in [-0.2, -0.15) is 0 Å². The van der Waals surface area contributed by atoms with Crippen LogP contribution in [0.1, 0.15) is 79.6 Å². The number of Topliss-reactive ketones (excluding diaryl/α,β-unsaturated/α-hetero) is 2. The molecule has 0 saturated carbocycles. The number of carbonyl (C=O) groups is 5. The number of hydrogen-bond acceptors (Lipinski definition) is 7. The summed E-state index contributed by atoms with van der Waals surface area (Å²) in [6, 6.07) is -2.26. The number of aliphatic imine (C=N–C) groups is 1. The molecule has 6 atom stereocenters. The Bertz CT molecular complexity index is 903. The fourth-order valence-corrected chi connectivity index (χ4v) is 4.76. The SMILES string of the molecule is CCC(C)[C@H](NC(=O)[C@@H](N)CCCN=C(N)N)C(=O)C[C@H](C(=O)N1CCC[C@H]1C(=O)C[C@@H](C)C(N)=O)C(C)C. The predicted molar refractivity (Wildman–Crippen MR) is 150 cm³/mol. The molecule has 12 heteroatoms. The molecule has 1 saturated heterocycles. The Hall–Kier alpha value is -3.02. The molecule has 1 aliphatic heterocycles. The lowest BCUT2D eigenvalue weighted by Crippen LogP contribution is -2.52. The molecule has 0 spiro atoms. The van der Waals surface area contributed by atoms with Crippen molar-refractivity contribution in [1.29, 1.82) is 0 Å². The molecule has 0 aliphatic carbocycles. The summed E-state index contributed by atoms with van der Waals surface area (Å²) in [4.78, 5) is 69.7. The van der Waals surface area contributed by atoms with E-state index in [4.69, 9.17) is 22.9 Å². The van der Waals surface area contributed by atoms with Gasteiger partial charge in [0.2, 0.25) is 17.7 Å². The standard InChI is InChI=1S/C27H49N7O5/c1-6-16(4)23(33-25(38)19(28)9-7-11-32-27(30)31)22(36)14-18(15(2)3)26(39)34-12-8-10-20(34)21(35)13-17(5)24(29)37/h15-20,23H,6-14,28H2,1-5H3,(H2,29,37)(H,33,38)(H4,30,31,32)/t16?,17-,18+,19+,20+,23+/m1/s1. The molecule has 1 unspecified atom stereocenters. The average Bonchev–Trinajstić information content (AvgIpc) is 3.36. The maximum absolute atomic E-state index is 13.6. The van der Waals surface area contributed by atoms with E-state index in [2.05, 4.69) is 10.3 Å². The van der Waals surface area contributed by atoms with E-state index in [1.807, 2.05) is 27.7 Å². The molecular weight excluding hydrogens is 502 g/mol. The van der Waals surface area contributed by atoms with Gasteiger partial charge in [-0.05, 0) is 37.5 Å². The molecule has 0 aromatic heterocycles. The largest absolute Gasteiger partial charge is 0.370 e. The number of likely N-dealkylation sites (tertiary alicyclic amines) is 1. The van der Waals surface area contributed by atoms with Crippen molar-refractivity contribution in [2.75, 3.05) is 13.1 Å². The van der Waals surface area contributed by atoms with E-state index >= 15 is 0 Å². The molecule has 39 heavy (non-hydrogen) atoms. The Labute approximate surface area is 232 Å². The van der Waals surface area contributed by atoms with Crippen molar-refractivity contribution < 1.29 is 24.0 Å². The van der Waals surface area contributed by atoms with Crippen LogP contribution in [0, 0.1) is 23.7 Å². The molecule has 12 nitrogen and oxygen atoms in total. The number of rotatable bonds is 17. The molecule has 1 aliphatic rings. The molecule has 0 bridgehead atoms. The molecule has 1 fully saturated rings. The summed E-state index contributed by atoms with van der Waals surface area (Å²) in [5.41, 5.74) is 22.0. The number of nitrogens with two attached hydrogens (primary N) is 4. The number of primary amides is 1. The van der Waals surface area contributed by atoms with Crippen molar-refractivity contribution in [2.45, 2.75) is 97.7 Å². The third-order valence-corrected chi connectivity index (χ3v) is 7.61. The zero-order valence-electron chi connectivity index (χ0n) is 24.2. The predicted octanol–water partition coefficient (Wildman–Crippen LogP) is 0.201. The topological polar surface area (TPSA) is 217 Å². The van der Waals surface area contributed by atoms with Crippen molar-refractivity contribution in [1.82, 2.24) is 10.2 Å². The lowest BCUT2D eigenvalue weighted by atomic mass is 9.84. The number of hydrogen-bond donors (Lipinski definition) is 5. The first kappa shape index (κ1) is 34.0. The van der Waals surface area contributed by atoms with Crippen molar-refractivity contribution in [3.05, 3.63) is 0 Å². The van der Waals surface area contributed by atoms with E-state index in [1.54, 1.807) is 11.8 Å². The summed E-state index contributed by atoms with van der Waals surface area (Å²) in [5.74, 6) is -3.35. The molecule has 0 radical (unpaired) electrons. The molecular formula is C27H49N7O5. The summed E-state index contributed by atoms with van der Waals surface area (Å²) >= 11 is 0. The highest BCUT2D eigenvalue weighted by Gasteiger charge is 2.40. The van der Waals surface area contributed by atoms with Gasteiger partial charge in [0.25, 0.3) is 0 Å². The van der Waals surface area contributed by atoms with Gasteiger partial charge in [0.1, 0.15) is 0 Å². The summed E-state index contributed by atoms with van der Waals surface area (Å²) in [6.07, 6.45) is 2.57. The summed E-state index contributed by atoms with van der Waals surface area (Å²) < 4.78 is 0. The Morgan fingerprint density at radius 2 is 1.67 bits per heavy atom. The average molecular weight is 552 g/mol. The number of carbonyl (C=O) groups excluding carboxylic acids is 5. The zero-order valence-corrected chi connectivity index (χ0v) is 24.2. The monoisotopic (exact) mass is 551 g/mol. The molecule has 222 valence electrons. The number of nitrogens with zero attached hydrogens (tertiary/aromatic N) is 2. The third-order valence-electron chi connectivity index (χ3n) is 7.61. The molecule has 1 heterocycles. The van der Waals surface area contributed by atoms with Crippen LogP contribution in [-0.2, 0) is 24.0 Å². The minimum Gasteiger partial charge on any atom is -0.370 e. The van der Waals surface area contributed by atoms with Crippen LogP contribution < -0.4 is 28.3 Å². The number of ketones is 2. The van der Waals surface area contributed by atoms with Gasteiger partial charge in [-0.25, -0.2) is 0 Å². The van der Waals surface area contributed by atoms with Crippen LogP contribution in [0.15, 0.2) is 4.99 Å². The van der Waals surface area contributed by atoms with Crippen LogP contribution in [0.25, 0.3) is 0 Å². The Kier molecular flexibility index (Phi) is 14.1. The van der Waals surface area contributed by atoms with Crippen LogP contribution in [0.3, 0.4) is 0 Å². The maximum atomic E-state index is 13.6. The smallest absolute Gasteiger partial charge is 0.237 e. The minimum atomic E-state index is -0.833. The summed E-state index contributed by atoms with van der Waals surface area (Å²) in [5, 5.41) is 2.81. The van der Waals surface area contributed by atoms with E-state index in [0.29, 0.717) is 45.2 Å². The van der Waals surface area contributed by atoms with Gasteiger partial charge < -0.3 is 33.2 Å². The summed E-state index contributed by atoms with van der Waals surface area (Å²) in [6.45, 7) is 9.87. The van der Waals surface area contributed by atoms with E-state index in [9.17, 15) is 24.0 Å². The highest BCUT2D eigenvalue weighted by Crippen LogP contribution is 2.28. The number of guanidine groups is 1. The van der Waals surface area contributed by atoms with E-state index in [1.165, 1.54) is 0 Å². The van der Waals surface area contributed by atoms with Gasteiger partial charge in [0.05, 0.1) is 18.1 Å². The second-order valence-electron chi connectivity index (χ2n) is 11.1. The lowest BCUT2D eigenvalue weighted by molar-refractivity contribution is -0.144. The highest BCUT2D eigenvalue weighted by molar-refractivity contribution is 5.96. The van der Waals surface area contributed by atoms with Gasteiger partial charge in [0.15, 0.2) is 17.5 Å². The van der Waals surface area contributed by atoms with Gasteiger partial charge in [0, 0.05) is 37.8 Å². The van der Waals surface area contributed by atoms with E-state index in [0.717, 1.165) is 0 Å². The maximum Gasteiger partial charge on any atom is 0.237 e. The van der Waals surface area contributed by atoms with E-state index in [-0.39, 0.29) is 48.1 Å². The fraction of sp³-hybridized carbons (Fsp3) is 0.778. The Balaban J connectivity index is 2.96. The van der Waals surface area contributed by atoms with Crippen LogP contribution in [-0.4, -0.2) is 71.4 Å². The van der Waals surface area contributed by atoms with Crippen LogP contribution in [0.5, 0.6) is 0 Å². The summed E-state index contributed by atoms with van der Waals surface area (Å²) in [7, 11) is 0. The van der Waals surface area contributed by atoms with Gasteiger partial charge in [-0.1, -0.05) is 41.0 Å². The number of amides is 3. The van der Waals surface area contributed by atoms with Crippen LogP contribution in [0.4, 0.5) is 0 Å². The van der Waals surface area contributed by atoms with Gasteiger partial charge in [-0.15, -0.1) is 0 Å². The fourth-order valence-electron chi connectivity index (χ4n) is 4.76. The normalized spacial score (nSPS) is 19.1. The van der Waals surface area contributed by atoms with Crippen LogP contribution in [0.2, 0.25) is 0 Å². The van der Waals surface area contributed by atoms with Gasteiger partial charge >= 0.3 is 0 Å². The first-order valence-electron chi connectivity index (χ1n) is 14.0. The second-order valence-corrected chi connectivity index (χ2v) is 11.1. The quantitative estimate of drug-likeness (QED) is 0.0953. The second kappa shape index (κ2) is 16.2. The molecule has 3 amide bonds. The Morgan fingerprint density at radius 1 is 1.03 bits per heavy atom. The zero-order chi connectivity index (χ0) is 29.9. The Morgan fingerprint density at radius 3 is 2.21 bits per heavy atom. The van der Waals surface area contributed by atoms with Crippen molar-refractivity contribution in [3.63, 3.8) is 0 Å². The van der Waals surface area contributed by atoms with E-state index < -0.39 is 41.8 Å².